The topological polar surface area (TPSA) is 12.0 Å². The van der Waals surface area contributed by atoms with Crippen LogP contribution in [0.3, 0.4) is 0 Å². The third-order valence-corrected chi connectivity index (χ3v) is 3.84. The van der Waals surface area contributed by atoms with Crippen molar-refractivity contribution < 1.29 is 4.39 Å². The molecule has 0 amide bonds. The largest absolute Gasteiger partial charge is 0.308 e. The number of hydrogen-bond donors (Lipinski definition) is 1. The highest BCUT2D eigenvalue weighted by molar-refractivity contribution is 7.11. The summed E-state index contributed by atoms with van der Waals surface area (Å²) in [6.07, 6.45) is 1.10. The smallest absolute Gasteiger partial charge is 0.123 e. The number of benzene rings is 1. The van der Waals surface area contributed by atoms with Crippen molar-refractivity contribution in [3.63, 3.8) is 0 Å². The fraction of sp³-hybridized carbons (Fsp3) is 0.286. The lowest BCUT2D eigenvalue weighted by Gasteiger charge is -2.03. The maximum absolute atomic E-state index is 12.7. The molecule has 2 rings (SSSR count). The Morgan fingerprint density at radius 1 is 1.00 bits per heavy atom. The van der Waals surface area contributed by atoms with Gasteiger partial charge in [-0.1, -0.05) is 19.1 Å². The molecule has 0 unspecified atom stereocenters. The lowest BCUT2D eigenvalue weighted by Crippen LogP contribution is -2.11. The Labute approximate surface area is 105 Å². The van der Waals surface area contributed by atoms with Crippen molar-refractivity contribution in [2.45, 2.75) is 26.4 Å². The average molecular weight is 249 g/mol. The van der Waals surface area contributed by atoms with Gasteiger partial charge in [0.25, 0.3) is 0 Å². The molecule has 1 aromatic heterocycles. The molecule has 0 radical (unpaired) electrons. The highest BCUT2D eigenvalue weighted by Crippen LogP contribution is 2.16. The van der Waals surface area contributed by atoms with Crippen molar-refractivity contribution in [2.24, 2.45) is 0 Å². The highest BCUT2D eigenvalue weighted by atomic mass is 32.1. The lowest BCUT2D eigenvalue weighted by molar-refractivity contribution is 0.625. The summed E-state index contributed by atoms with van der Waals surface area (Å²) >= 11 is 1.85. The minimum absolute atomic E-state index is 0.181. The van der Waals surface area contributed by atoms with Gasteiger partial charge in [0, 0.05) is 22.8 Å². The summed E-state index contributed by atoms with van der Waals surface area (Å²) in [6, 6.07) is 11.0. The van der Waals surface area contributed by atoms with Gasteiger partial charge < -0.3 is 5.32 Å². The van der Waals surface area contributed by atoms with E-state index in [4.69, 9.17) is 0 Å². The minimum Gasteiger partial charge on any atom is -0.308 e. The Morgan fingerprint density at radius 3 is 2.35 bits per heavy atom. The van der Waals surface area contributed by atoms with Gasteiger partial charge in [0.15, 0.2) is 0 Å². The van der Waals surface area contributed by atoms with E-state index in [9.17, 15) is 4.39 Å². The molecule has 90 valence electrons. The summed E-state index contributed by atoms with van der Waals surface area (Å²) in [7, 11) is 0. The molecule has 1 nitrogen and oxygen atoms in total. The van der Waals surface area contributed by atoms with Gasteiger partial charge in [0.1, 0.15) is 5.82 Å². The van der Waals surface area contributed by atoms with Crippen molar-refractivity contribution >= 4 is 11.3 Å². The monoisotopic (exact) mass is 249 g/mol. The first-order chi connectivity index (χ1) is 8.28. The van der Waals surface area contributed by atoms with Gasteiger partial charge in [-0.25, -0.2) is 4.39 Å². The van der Waals surface area contributed by atoms with Crippen LogP contribution in [0.15, 0.2) is 36.4 Å². The molecule has 3 heteroatoms. The van der Waals surface area contributed by atoms with Gasteiger partial charge in [-0.15, -0.1) is 11.3 Å². The van der Waals surface area contributed by atoms with Gasteiger partial charge in [-0.05, 0) is 36.2 Å². The Kier molecular flexibility index (Phi) is 4.29. The van der Waals surface area contributed by atoms with E-state index in [1.54, 1.807) is 0 Å². The fourth-order valence-electron chi connectivity index (χ4n) is 1.64. The zero-order valence-electron chi connectivity index (χ0n) is 9.87. The summed E-state index contributed by atoms with van der Waals surface area (Å²) < 4.78 is 12.7. The molecule has 1 heterocycles. The minimum atomic E-state index is -0.181. The zero-order chi connectivity index (χ0) is 12.1. The van der Waals surface area contributed by atoms with Gasteiger partial charge in [-0.3, -0.25) is 0 Å². The van der Waals surface area contributed by atoms with Gasteiger partial charge in [-0.2, -0.15) is 0 Å². The van der Waals surface area contributed by atoms with Crippen molar-refractivity contribution in [1.82, 2.24) is 5.32 Å². The van der Waals surface area contributed by atoms with Gasteiger partial charge >= 0.3 is 0 Å². The number of halogens is 1. The van der Waals surface area contributed by atoms with E-state index in [0.717, 1.165) is 25.1 Å². The SMILES string of the molecule is CCc1ccc(CNCc2ccc(F)cc2)s1. The van der Waals surface area contributed by atoms with Crippen LogP contribution in [0.2, 0.25) is 0 Å². The predicted molar refractivity (Wildman–Crippen MR) is 70.6 cm³/mol. The van der Waals surface area contributed by atoms with Crippen LogP contribution >= 0.6 is 11.3 Å². The first kappa shape index (κ1) is 12.3. The molecule has 0 spiro atoms. The summed E-state index contributed by atoms with van der Waals surface area (Å²) in [5, 5.41) is 3.36. The maximum atomic E-state index is 12.7. The van der Waals surface area contributed by atoms with Crippen LogP contribution in [0.4, 0.5) is 4.39 Å². The normalized spacial score (nSPS) is 10.7. The van der Waals surface area contributed by atoms with Crippen molar-refractivity contribution in [2.75, 3.05) is 0 Å². The molecule has 0 aliphatic rings. The van der Waals surface area contributed by atoms with Gasteiger partial charge in [0.2, 0.25) is 0 Å². The third kappa shape index (κ3) is 3.65. The van der Waals surface area contributed by atoms with Crippen LogP contribution in [0, 0.1) is 5.82 Å². The van der Waals surface area contributed by atoms with Crippen LogP contribution in [0.5, 0.6) is 0 Å². The average Bonchev–Trinajstić information content (AvgIpc) is 2.80. The molecule has 1 aromatic carbocycles. The molecule has 0 saturated heterocycles. The summed E-state index contributed by atoms with van der Waals surface area (Å²) in [5.41, 5.74) is 1.11. The van der Waals surface area contributed by atoms with Gasteiger partial charge in [0.05, 0.1) is 0 Å². The summed E-state index contributed by atoms with van der Waals surface area (Å²) in [6.45, 7) is 3.82. The molecule has 1 N–H and O–H groups in total. The Balaban J connectivity index is 1.81. The summed E-state index contributed by atoms with van der Waals surface area (Å²) in [5.74, 6) is -0.181. The first-order valence-electron chi connectivity index (χ1n) is 5.80. The Morgan fingerprint density at radius 2 is 1.71 bits per heavy atom. The van der Waals surface area contributed by atoms with Crippen molar-refractivity contribution in [1.29, 1.82) is 0 Å². The van der Waals surface area contributed by atoms with Crippen LogP contribution in [0.25, 0.3) is 0 Å². The van der Waals surface area contributed by atoms with E-state index in [1.165, 1.54) is 21.9 Å². The first-order valence-corrected chi connectivity index (χ1v) is 6.62. The number of rotatable bonds is 5. The van der Waals surface area contributed by atoms with E-state index in [0.29, 0.717) is 0 Å². The molecule has 2 aromatic rings. The molecule has 0 saturated carbocycles. The van der Waals surface area contributed by atoms with Crippen LogP contribution in [-0.4, -0.2) is 0 Å². The molecule has 0 bridgehead atoms. The van der Waals surface area contributed by atoms with Crippen molar-refractivity contribution in [3.05, 3.63) is 57.5 Å². The van der Waals surface area contributed by atoms with E-state index >= 15 is 0 Å². The molecule has 0 aliphatic heterocycles. The van der Waals surface area contributed by atoms with Crippen LogP contribution in [0.1, 0.15) is 22.2 Å². The highest BCUT2D eigenvalue weighted by Gasteiger charge is 1.98. The summed E-state index contributed by atoms with van der Waals surface area (Å²) in [4.78, 5) is 2.77. The maximum Gasteiger partial charge on any atom is 0.123 e. The standard InChI is InChI=1S/C14H16FNS/c1-2-13-7-8-14(17-13)10-16-9-11-3-5-12(15)6-4-11/h3-8,16H,2,9-10H2,1H3. The molecule has 0 fully saturated rings. The quantitative estimate of drug-likeness (QED) is 0.851. The Bertz CT molecular complexity index is 461. The molecular formula is C14H16FNS. The van der Waals surface area contributed by atoms with Crippen LogP contribution < -0.4 is 5.32 Å². The van der Waals surface area contributed by atoms with E-state index in [1.807, 2.05) is 23.5 Å². The molecule has 0 aliphatic carbocycles. The van der Waals surface area contributed by atoms with E-state index in [-0.39, 0.29) is 5.82 Å². The Hall–Kier alpha value is -1.19. The van der Waals surface area contributed by atoms with E-state index < -0.39 is 0 Å². The molecular weight excluding hydrogens is 233 g/mol. The second-order valence-corrected chi connectivity index (χ2v) is 5.20. The predicted octanol–water partition coefficient (Wildman–Crippen LogP) is 3.74. The van der Waals surface area contributed by atoms with E-state index in [2.05, 4.69) is 24.4 Å². The number of nitrogens with one attached hydrogen (secondary N) is 1. The number of aryl methyl sites for hydroxylation is 1. The molecule has 17 heavy (non-hydrogen) atoms. The number of thiophene rings is 1. The lowest BCUT2D eigenvalue weighted by atomic mass is 10.2. The third-order valence-electron chi connectivity index (χ3n) is 2.61. The molecule has 0 atom stereocenters. The van der Waals surface area contributed by atoms with Crippen molar-refractivity contribution in [3.8, 4) is 0 Å². The van der Waals surface area contributed by atoms with Crippen LogP contribution in [-0.2, 0) is 19.5 Å². The number of hydrogen-bond acceptors (Lipinski definition) is 2. The second-order valence-electron chi connectivity index (χ2n) is 3.95. The second kappa shape index (κ2) is 5.94. The zero-order valence-corrected chi connectivity index (χ0v) is 10.7. The fourth-order valence-corrected chi connectivity index (χ4v) is 2.57.